The molecule has 8 heteroatoms. The molecule has 0 saturated heterocycles. The van der Waals surface area contributed by atoms with Crippen LogP contribution in [0, 0.1) is 12.7 Å². The molecule has 0 spiro atoms. The fourth-order valence-corrected chi connectivity index (χ4v) is 3.33. The van der Waals surface area contributed by atoms with Gasteiger partial charge in [-0.05, 0) is 43.7 Å². The van der Waals surface area contributed by atoms with E-state index in [9.17, 15) is 9.18 Å². The highest BCUT2D eigenvalue weighted by atomic mass is 35.5. The van der Waals surface area contributed by atoms with Crippen molar-refractivity contribution in [2.75, 3.05) is 5.32 Å². The Morgan fingerprint density at radius 2 is 2.08 bits per heavy atom. The third-order valence-electron chi connectivity index (χ3n) is 3.73. The number of nitrogens with zero attached hydrogens (tertiary/aromatic N) is 3. The van der Waals surface area contributed by atoms with Crippen LogP contribution in [0.15, 0.2) is 53.9 Å². The van der Waals surface area contributed by atoms with Crippen molar-refractivity contribution in [1.82, 2.24) is 14.8 Å². The number of nitrogens with one attached hydrogen (secondary N) is 1. The third kappa shape index (κ3) is 4.05. The van der Waals surface area contributed by atoms with Crippen LogP contribution < -0.4 is 5.32 Å². The Labute approximate surface area is 159 Å². The molecule has 3 aromatic rings. The normalized spacial score (nSPS) is 12.0. The lowest BCUT2D eigenvalue weighted by atomic mass is 10.2. The first-order valence-corrected chi connectivity index (χ1v) is 9.10. The largest absolute Gasteiger partial charge is 0.323 e. The van der Waals surface area contributed by atoms with Gasteiger partial charge in [-0.3, -0.25) is 9.36 Å². The molecule has 0 aliphatic heterocycles. The molecular formula is C18H16ClFN4OS. The predicted octanol–water partition coefficient (Wildman–Crippen LogP) is 4.49. The Morgan fingerprint density at radius 1 is 1.31 bits per heavy atom. The Hall–Kier alpha value is -2.38. The number of carbonyl (C=O) groups excluding carboxylic acids is 1. The van der Waals surface area contributed by atoms with Crippen LogP contribution in [0.5, 0.6) is 0 Å². The van der Waals surface area contributed by atoms with Crippen LogP contribution in [-0.2, 0) is 4.79 Å². The molecule has 0 aliphatic carbocycles. The summed E-state index contributed by atoms with van der Waals surface area (Å²) < 4.78 is 15.7. The molecule has 1 unspecified atom stereocenters. The minimum atomic E-state index is -0.578. The van der Waals surface area contributed by atoms with Gasteiger partial charge in [0, 0.05) is 5.02 Å². The molecule has 0 fully saturated rings. The first-order chi connectivity index (χ1) is 12.5. The molecule has 1 heterocycles. The molecule has 1 aromatic heterocycles. The number of anilines is 1. The fraction of sp³-hybridized carbons (Fsp3) is 0.167. The monoisotopic (exact) mass is 390 g/mol. The first kappa shape index (κ1) is 18.4. The number of aryl methyl sites for hydroxylation is 1. The number of para-hydroxylation sites is 1. The highest BCUT2D eigenvalue weighted by molar-refractivity contribution is 8.00. The van der Waals surface area contributed by atoms with Crippen molar-refractivity contribution in [3.8, 4) is 5.69 Å². The average Bonchev–Trinajstić information content (AvgIpc) is 3.05. The molecule has 1 N–H and O–H groups in total. The van der Waals surface area contributed by atoms with Gasteiger partial charge in [0.1, 0.15) is 12.1 Å². The summed E-state index contributed by atoms with van der Waals surface area (Å²) in [6.07, 6.45) is 1.61. The Morgan fingerprint density at radius 3 is 2.81 bits per heavy atom. The van der Waals surface area contributed by atoms with Gasteiger partial charge in [0.05, 0.1) is 16.6 Å². The van der Waals surface area contributed by atoms with Crippen LogP contribution in [0.1, 0.15) is 12.5 Å². The van der Waals surface area contributed by atoms with Crippen LogP contribution in [0.25, 0.3) is 5.69 Å². The number of hydrogen-bond acceptors (Lipinski definition) is 4. The number of aromatic nitrogens is 3. The Bertz CT molecular complexity index is 946. The smallest absolute Gasteiger partial charge is 0.237 e. The molecule has 0 saturated carbocycles. The van der Waals surface area contributed by atoms with Crippen LogP contribution in [-0.4, -0.2) is 25.9 Å². The number of hydrogen-bond donors (Lipinski definition) is 1. The van der Waals surface area contributed by atoms with Crippen molar-refractivity contribution in [3.63, 3.8) is 0 Å². The van der Waals surface area contributed by atoms with Gasteiger partial charge in [0.2, 0.25) is 5.91 Å². The van der Waals surface area contributed by atoms with Crippen LogP contribution in [0.4, 0.5) is 10.1 Å². The molecule has 5 nitrogen and oxygen atoms in total. The number of thioether (sulfide) groups is 1. The quantitative estimate of drug-likeness (QED) is 0.652. The lowest BCUT2D eigenvalue weighted by Crippen LogP contribution is -2.23. The summed E-state index contributed by atoms with van der Waals surface area (Å²) in [5.74, 6) is -0.915. The first-order valence-electron chi connectivity index (χ1n) is 7.84. The fourth-order valence-electron chi connectivity index (χ4n) is 2.34. The zero-order valence-corrected chi connectivity index (χ0v) is 15.7. The third-order valence-corrected chi connectivity index (χ3v) is 5.02. The van der Waals surface area contributed by atoms with Crippen molar-refractivity contribution in [1.29, 1.82) is 0 Å². The van der Waals surface area contributed by atoms with Crippen molar-refractivity contribution in [2.24, 2.45) is 0 Å². The van der Waals surface area contributed by atoms with E-state index in [-0.39, 0.29) is 16.6 Å². The number of halogens is 2. The van der Waals surface area contributed by atoms with E-state index in [0.717, 1.165) is 17.3 Å². The maximum atomic E-state index is 13.8. The average molecular weight is 391 g/mol. The van der Waals surface area contributed by atoms with E-state index in [1.165, 1.54) is 23.9 Å². The second-order valence-electron chi connectivity index (χ2n) is 5.64. The molecule has 1 atom stereocenters. The van der Waals surface area contributed by atoms with Crippen molar-refractivity contribution < 1.29 is 9.18 Å². The molecule has 1 amide bonds. The minimum absolute atomic E-state index is 0.0900. The summed E-state index contributed by atoms with van der Waals surface area (Å²) in [5.41, 5.74) is 2.10. The van der Waals surface area contributed by atoms with Gasteiger partial charge in [-0.25, -0.2) is 4.39 Å². The molecule has 26 heavy (non-hydrogen) atoms. The predicted molar refractivity (Wildman–Crippen MR) is 101 cm³/mol. The molecule has 0 radical (unpaired) electrons. The minimum Gasteiger partial charge on any atom is -0.323 e. The molecular weight excluding hydrogens is 375 g/mol. The SMILES string of the molecule is Cc1ccccc1-n1cnnc1SC(C)C(=O)Nc1ccc(Cl)cc1F. The van der Waals surface area contributed by atoms with E-state index in [1.807, 2.05) is 35.8 Å². The highest BCUT2D eigenvalue weighted by Gasteiger charge is 2.20. The summed E-state index contributed by atoms with van der Waals surface area (Å²) in [5, 5.41) is 11.0. The van der Waals surface area contributed by atoms with Gasteiger partial charge in [0.25, 0.3) is 0 Å². The lowest BCUT2D eigenvalue weighted by Gasteiger charge is -2.14. The number of benzene rings is 2. The Balaban J connectivity index is 1.74. The van der Waals surface area contributed by atoms with Gasteiger partial charge < -0.3 is 5.32 Å². The summed E-state index contributed by atoms with van der Waals surface area (Å²) in [6.45, 7) is 3.72. The maximum absolute atomic E-state index is 13.8. The van der Waals surface area contributed by atoms with Gasteiger partial charge in [-0.2, -0.15) is 0 Å². The van der Waals surface area contributed by atoms with Crippen LogP contribution in [0.2, 0.25) is 5.02 Å². The summed E-state index contributed by atoms with van der Waals surface area (Å²) in [6, 6.07) is 11.9. The van der Waals surface area contributed by atoms with Crippen LogP contribution in [0.3, 0.4) is 0 Å². The highest BCUT2D eigenvalue weighted by Crippen LogP contribution is 2.26. The molecule has 3 rings (SSSR count). The van der Waals surface area contributed by atoms with Crippen molar-refractivity contribution in [2.45, 2.75) is 24.3 Å². The van der Waals surface area contributed by atoms with E-state index < -0.39 is 11.1 Å². The van der Waals surface area contributed by atoms with Gasteiger partial charge >= 0.3 is 0 Å². The van der Waals surface area contributed by atoms with Crippen molar-refractivity contribution >= 4 is 35.0 Å². The van der Waals surface area contributed by atoms with Crippen LogP contribution >= 0.6 is 23.4 Å². The molecule has 2 aromatic carbocycles. The zero-order valence-electron chi connectivity index (χ0n) is 14.1. The van der Waals surface area contributed by atoms with Gasteiger partial charge in [-0.1, -0.05) is 41.6 Å². The summed E-state index contributed by atoms with van der Waals surface area (Å²) in [4.78, 5) is 12.4. The van der Waals surface area contributed by atoms with E-state index in [4.69, 9.17) is 11.6 Å². The second-order valence-corrected chi connectivity index (χ2v) is 7.39. The zero-order chi connectivity index (χ0) is 18.7. The van der Waals surface area contributed by atoms with E-state index in [2.05, 4.69) is 15.5 Å². The van der Waals surface area contributed by atoms with Crippen molar-refractivity contribution in [3.05, 3.63) is 65.2 Å². The maximum Gasteiger partial charge on any atom is 0.237 e. The number of amides is 1. The van der Waals surface area contributed by atoms with E-state index in [1.54, 1.807) is 13.3 Å². The molecule has 0 aliphatic rings. The van der Waals surface area contributed by atoms with Gasteiger partial charge in [-0.15, -0.1) is 10.2 Å². The lowest BCUT2D eigenvalue weighted by molar-refractivity contribution is -0.115. The summed E-state index contributed by atoms with van der Waals surface area (Å²) in [7, 11) is 0. The Kier molecular flexibility index (Phi) is 5.58. The number of carbonyl (C=O) groups is 1. The second kappa shape index (κ2) is 7.88. The van der Waals surface area contributed by atoms with E-state index in [0.29, 0.717) is 5.16 Å². The molecule has 134 valence electrons. The van der Waals surface area contributed by atoms with Gasteiger partial charge in [0.15, 0.2) is 5.16 Å². The standard InChI is InChI=1S/C18H16ClFN4OS/c1-11-5-3-4-6-16(11)24-10-21-23-18(24)26-12(2)17(25)22-15-8-7-13(19)9-14(15)20/h3-10,12H,1-2H3,(H,22,25). The van der Waals surface area contributed by atoms with E-state index >= 15 is 0 Å². The number of rotatable bonds is 5. The topological polar surface area (TPSA) is 59.8 Å². The molecule has 0 bridgehead atoms. The summed E-state index contributed by atoms with van der Waals surface area (Å²) >= 11 is 6.97.